The predicted molar refractivity (Wildman–Crippen MR) is 87.5 cm³/mol. The van der Waals surface area contributed by atoms with Crippen molar-refractivity contribution in [2.45, 2.75) is 44.1 Å². The van der Waals surface area contributed by atoms with Crippen LogP contribution >= 0.6 is 11.3 Å². The minimum Gasteiger partial charge on any atom is -0.388 e. The molecule has 0 amide bonds. The standard InChI is InChI=1S/C16H21N3O2S/c20-16(5-7-21-8-6-16)9-17-14-13-11-3-1-2-4-12(11)22-15(13)19-10-18-14/h10,20H,1-9H2,(H,17,18,19). The van der Waals surface area contributed by atoms with Crippen molar-refractivity contribution in [2.24, 2.45) is 0 Å². The zero-order valence-electron chi connectivity index (χ0n) is 12.6. The second-order valence-corrected chi connectivity index (χ2v) is 7.39. The van der Waals surface area contributed by atoms with Crippen LogP contribution in [0.5, 0.6) is 0 Å². The van der Waals surface area contributed by atoms with Gasteiger partial charge in [0.05, 0.1) is 11.0 Å². The molecule has 0 bridgehead atoms. The Morgan fingerprint density at radius 3 is 2.91 bits per heavy atom. The Bertz CT molecular complexity index is 679. The number of anilines is 1. The van der Waals surface area contributed by atoms with Gasteiger partial charge in [-0.15, -0.1) is 11.3 Å². The van der Waals surface area contributed by atoms with Crippen LogP contribution in [0.3, 0.4) is 0 Å². The molecule has 118 valence electrons. The maximum atomic E-state index is 10.6. The van der Waals surface area contributed by atoms with E-state index in [-0.39, 0.29) is 0 Å². The van der Waals surface area contributed by atoms with Gasteiger partial charge >= 0.3 is 0 Å². The summed E-state index contributed by atoms with van der Waals surface area (Å²) in [6.07, 6.45) is 7.78. The molecule has 0 saturated carbocycles. The van der Waals surface area contributed by atoms with Crippen LogP contribution in [0.15, 0.2) is 6.33 Å². The van der Waals surface area contributed by atoms with Crippen LogP contribution in [0.4, 0.5) is 5.82 Å². The summed E-state index contributed by atoms with van der Waals surface area (Å²) < 4.78 is 5.34. The van der Waals surface area contributed by atoms with E-state index >= 15 is 0 Å². The highest BCUT2D eigenvalue weighted by Crippen LogP contribution is 2.38. The zero-order chi connectivity index (χ0) is 15.0. The van der Waals surface area contributed by atoms with Crippen LogP contribution in [0.25, 0.3) is 10.2 Å². The van der Waals surface area contributed by atoms with Crippen LogP contribution in [0.1, 0.15) is 36.1 Å². The molecule has 3 heterocycles. The average molecular weight is 319 g/mol. The van der Waals surface area contributed by atoms with Crippen molar-refractivity contribution in [3.8, 4) is 0 Å². The minimum atomic E-state index is -0.689. The van der Waals surface area contributed by atoms with E-state index < -0.39 is 5.60 Å². The second-order valence-electron chi connectivity index (χ2n) is 6.30. The monoisotopic (exact) mass is 319 g/mol. The summed E-state index contributed by atoms with van der Waals surface area (Å²) >= 11 is 1.80. The molecule has 4 rings (SSSR count). The fourth-order valence-electron chi connectivity index (χ4n) is 3.40. The van der Waals surface area contributed by atoms with Gasteiger partial charge in [-0.25, -0.2) is 9.97 Å². The highest BCUT2D eigenvalue weighted by molar-refractivity contribution is 7.19. The van der Waals surface area contributed by atoms with E-state index in [1.807, 2.05) is 0 Å². The molecule has 1 aliphatic carbocycles. The average Bonchev–Trinajstić information content (AvgIpc) is 2.93. The van der Waals surface area contributed by atoms with Gasteiger partial charge in [0.15, 0.2) is 0 Å². The molecule has 0 aromatic carbocycles. The summed E-state index contributed by atoms with van der Waals surface area (Å²) in [4.78, 5) is 11.4. The Kier molecular flexibility index (Phi) is 3.76. The number of fused-ring (bicyclic) bond motifs is 3. The van der Waals surface area contributed by atoms with E-state index in [4.69, 9.17) is 4.74 Å². The first-order valence-corrected chi connectivity index (χ1v) is 8.86. The number of nitrogens with one attached hydrogen (secondary N) is 1. The number of aromatic nitrogens is 2. The molecule has 0 unspecified atom stereocenters. The lowest BCUT2D eigenvalue weighted by Crippen LogP contribution is -2.42. The van der Waals surface area contributed by atoms with E-state index in [9.17, 15) is 5.11 Å². The highest BCUT2D eigenvalue weighted by atomic mass is 32.1. The first-order valence-electron chi connectivity index (χ1n) is 8.04. The maximum Gasteiger partial charge on any atom is 0.138 e. The molecule has 6 heteroatoms. The first-order chi connectivity index (χ1) is 10.8. The molecular weight excluding hydrogens is 298 g/mol. The number of aliphatic hydroxyl groups is 1. The lowest BCUT2D eigenvalue weighted by Gasteiger charge is -2.32. The number of ether oxygens (including phenoxy) is 1. The summed E-state index contributed by atoms with van der Waals surface area (Å²) in [5.41, 5.74) is 0.735. The third-order valence-corrected chi connectivity index (χ3v) is 5.96. The van der Waals surface area contributed by atoms with Crippen LogP contribution in [-0.2, 0) is 17.6 Å². The quantitative estimate of drug-likeness (QED) is 0.910. The molecule has 5 nitrogen and oxygen atoms in total. The molecule has 0 radical (unpaired) electrons. The van der Waals surface area contributed by atoms with Gasteiger partial charge in [-0.1, -0.05) is 0 Å². The van der Waals surface area contributed by atoms with Crippen molar-refractivity contribution < 1.29 is 9.84 Å². The summed E-state index contributed by atoms with van der Waals surface area (Å²) in [5.74, 6) is 0.879. The van der Waals surface area contributed by atoms with Crippen LogP contribution in [0.2, 0.25) is 0 Å². The van der Waals surface area contributed by atoms with Crippen molar-refractivity contribution >= 4 is 27.4 Å². The van der Waals surface area contributed by atoms with Crippen LogP contribution < -0.4 is 5.32 Å². The molecule has 2 aromatic heterocycles. The lowest BCUT2D eigenvalue weighted by atomic mass is 9.94. The first kappa shape index (κ1) is 14.4. The highest BCUT2D eigenvalue weighted by Gasteiger charge is 2.30. The Balaban J connectivity index is 1.62. The molecule has 2 N–H and O–H groups in total. The molecule has 1 fully saturated rings. The van der Waals surface area contributed by atoms with Crippen molar-refractivity contribution in [1.29, 1.82) is 0 Å². The molecule has 1 saturated heterocycles. The Labute approximate surface area is 133 Å². The molecule has 2 aromatic rings. The summed E-state index contributed by atoms with van der Waals surface area (Å²) in [7, 11) is 0. The minimum absolute atomic E-state index is 0.521. The number of hydrogen-bond donors (Lipinski definition) is 2. The van der Waals surface area contributed by atoms with E-state index in [0.29, 0.717) is 32.6 Å². The Morgan fingerprint density at radius 1 is 1.23 bits per heavy atom. The molecule has 0 spiro atoms. The van der Waals surface area contributed by atoms with Crippen molar-refractivity contribution in [3.05, 3.63) is 16.8 Å². The lowest BCUT2D eigenvalue weighted by molar-refractivity contribution is -0.0543. The zero-order valence-corrected chi connectivity index (χ0v) is 13.4. The Morgan fingerprint density at radius 2 is 2.05 bits per heavy atom. The van der Waals surface area contributed by atoms with Crippen LogP contribution in [0, 0.1) is 0 Å². The molecule has 1 aliphatic heterocycles. The summed E-state index contributed by atoms with van der Waals surface area (Å²) in [6.45, 7) is 1.78. The number of rotatable bonds is 3. The number of hydrogen-bond acceptors (Lipinski definition) is 6. The van der Waals surface area contributed by atoms with E-state index in [2.05, 4.69) is 15.3 Å². The molecule has 0 atom stereocenters. The molecule has 2 aliphatic rings. The molecule has 22 heavy (non-hydrogen) atoms. The summed E-state index contributed by atoms with van der Waals surface area (Å²) in [6, 6.07) is 0. The summed E-state index contributed by atoms with van der Waals surface area (Å²) in [5, 5.41) is 15.2. The number of aryl methyl sites for hydroxylation is 2. The third-order valence-electron chi connectivity index (χ3n) is 4.76. The predicted octanol–water partition coefficient (Wildman–Crippen LogP) is 2.52. The van der Waals surface area contributed by atoms with Gasteiger partial charge in [0, 0.05) is 37.5 Å². The SMILES string of the molecule is OC1(CNc2ncnc3sc4c(c23)CCCC4)CCOCC1. The normalized spacial score (nSPS) is 20.8. The van der Waals surface area contributed by atoms with Gasteiger partial charge in [-0.2, -0.15) is 0 Å². The van der Waals surface area contributed by atoms with Gasteiger partial charge in [-0.3, -0.25) is 0 Å². The van der Waals surface area contributed by atoms with E-state index in [1.165, 1.54) is 28.7 Å². The van der Waals surface area contributed by atoms with Crippen molar-refractivity contribution in [3.63, 3.8) is 0 Å². The topological polar surface area (TPSA) is 67.3 Å². The number of thiophene rings is 1. The van der Waals surface area contributed by atoms with Crippen molar-refractivity contribution in [1.82, 2.24) is 9.97 Å². The van der Waals surface area contributed by atoms with E-state index in [1.54, 1.807) is 17.7 Å². The maximum absolute atomic E-state index is 10.6. The van der Waals surface area contributed by atoms with Gasteiger partial charge < -0.3 is 15.2 Å². The fourth-order valence-corrected chi connectivity index (χ4v) is 4.63. The van der Waals surface area contributed by atoms with Gasteiger partial charge in [0.1, 0.15) is 17.0 Å². The fraction of sp³-hybridized carbons (Fsp3) is 0.625. The van der Waals surface area contributed by atoms with Gasteiger partial charge in [0.2, 0.25) is 0 Å². The second kappa shape index (κ2) is 5.76. The third kappa shape index (κ3) is 2.59. The molecular formula is C16H21N3O2S. The number of nitrogens with zero attached hydrogens (tertiary/aromatic N) is 2. The van der Waals surface area contributed by atoms with Crippen molar-refractivity contribution in [2.75, 3.05) is 25.1 Å². The Hall–Kier alpha value is -1.24. The largest absolute Gasteiger partial charge is 0.388 e. The van der Waals surface area contributed by atoms with E-state index in [0.717, 1.165) is 23.5 Å². The van der Waals surface area contributed by atoms with Gasteiger partial charge in [-0.05, 0) is 31.2 Å². The van der Waals surface area contributed by atoms with Crippen LogP contribution in [-0.4, -0.2) is 40.4 Å². The smallest absolute Gasteiger partial charge is 0.138 e. The van der Waals surface area contributed by atoms with Gasteiger partial charge in [0.25, 0.3) is 0 Å².